The summed E-state index contributed by atoms with van der Waals surface area (Å²) in [6.07, 6.45) is 6.20. The van der Waals surface area contributed by atoms with Crippen molar-refractivity contribution in [3.8, 4) is 0 Å². The summed E-state index contributed by atoms with van der Waals surface area (Å²) < 4.78 is 0. The van der Waals surface area contributed by atoms with Gasteiger partial charge in [0.25, 0.3) is 0 Å². The minimum absolute atomic E-state index is 0.317. The van der Waals surface area contributed by atoms with E-state index < -0.39 is 0 Å². The lowest BCUT2D eigenvalue weighted by Gasteiger charge is -2.28. The molecule has 0 saturated heterocycles. The first-order valence-corrected chi connectivity index (χ1v) is 7.70. The van der Waals surface area contributed by atoms with Gasteiger partial charge in [0.05, 0.1) is 0 Å². The SMILES string of the molecule is CC(NCc1ccc2c(c1)CCCN2C)c1cccnc1. The molecule has 1 atom stereocenters. The third-order valence-corrected chi connectivity index (χ3v) is 4.29. The molecule has 0 aliphatic carbocycles. The van der Waals surface area contributed by atoms with Gasteiger partial charge in [-0.3, -0.25) is 4.98 Å². The number of aromatic nitrogens is 1. The van der Waals surface area contributed by atoms with Crippen molar-refractivity contribution in [2.45, 2.75) is 32.4 Å². The molecular formula is C18H23N3. The van der Waals surface area contributed by atoms with Crippen LogP contribution in [-0.2, 0) is 13.0 Å². The van der Waals surface area contributed by atoms with Crippen LogP contribution in [0.4, 0.5) is 5.69 Å². The highest BCUT2D eigenvalue weighted by Crippen LogP contribution is 2.26. The zero-order valence-corrected chi connectivity index (χ0v) is 12.8. The van der Waals surface area contributed by atoms with Crippen LogP contribution in [0.3, 0.4) is 0 Å². The first-order chi connectivity index (χ1) is 10.2. The lowest BCUT2D eigenvalue weighted by Crippen LogP contribution is -2.25. The van der Waals surface area contributed by atoms with E-state index in [4.69, 9.17) is 0 Å². The first kappa shape index (κ1) is 14.1. The highest BCUT2D eigenvalue weighted by Gasteiger charge is 2.13. The van der Waals surface area contributed by atoms with E-state index in [-0.39, 0.29) is 0 Å². The van der Waals surface area contributed by atoms with Gasteiger partial charge in [-0.1, -0.05) is 18.2 Å². The molecule has 0 amide bonds. The van der Waals surface area contributed by atoms with Crippen molar-refractivity contribution in [1.29, 1.82) is 0 Å². The average molecular weight is 281 g/mol. The number of fused-ring (bicyclic) bond motifs is 1. The molecule has 3 nitrogen and oxygen atoms in total. The molecule has 1 unspecified atom stereocenters. The van der Waals surface area contributed by atoms with E-state index in [1.54, 1.807) is 0 Å². The third-order valence-electron chi connectivity index (χ3n) is 4.29. The summed E-state index contributed by atoms with van der Waals surface area (Å²) in [6.45, 7) is 4.25. The molecule has 21 heavy (non-hydrogen) atoms. The fraction of sp³-hybridized carbons (Fsp3) is 0.389. The summed E-state index contributed by atoms with van der Waals surface area (Å²) in [7, 11) is 2.18. The summed E-state index contributed by atoms with van der Waals surface area (Å²) in [4.78, 5) is 6.54. The Morgan fingerprint density at radius 2 is 2.24 bits per heavy atom. The van der Waals surface area contributed by atoms with Crippen molar-refractivity contribution in [3.05, 3.63) is 59.4 Å². The van der Waals surface area contributed by atoms with E-state index in [9.17, 15) is 0 Å². The lowest BCUT2D eigenvalue weighted by atomic mass is 9.99. The maximum Gasteiger partial charge on any atom is 0.0396 e. The van der Waals surface area contributed by atoms with Gasteiger partial charge in [0, 0.05) is 44.3 Å². The average Bonchev–Trinajstić information content (AvgIpc) is 2.53. The number of anilines is 1. The van der Waals surface area contributed by atoms with E-state index in [1.807, 2.05) is 18.5 Å². The van der Waals surface area contributed by atoms with Crippen LogP contribution >= 0.6 is 0 Å². The standard InChI is InChI=1S/C18H23N3/c1-14(17-5-3-9-19-13-17)20-12-15-7-8-18-16(11-15)6-4-10-21(18)2/h3,5,7-9,11,13-14,20H,4,6,10,12H2,1-2H3. The predicted molar refractivity (Wildman–Crippen MR) is 87.5 cm³/mol. The number of aryl methyl sites for hydroxylation is 1. The van der Waals surface area contributed by atoms with Gasteiger partial charge in [-0.15, -0.1) is 0 Å². The smallest absolute Gasteiger partial charge is 0.0396 e. The lowest BCUT2D eigenvalue weighted by molar-refractivity contribution is 0.572. The van der Waals surface area contributed by atoms with Crippen molar-refractivity contribution in [2.75, 3.05) is 18.5 Å². The van der Waals surface area contributed by atoms with E-state index in [0.717, 1.165) is 6.54 Å². The van der Waals surface area contributed by atoms with Crippen LogP contribution in [0.25, 0.3) is 0 Å². The Kier molecular flexibility index (Phi) is 4.20. The van der Waals surface area contributed by atoms with Crippen molar-refractivity contribution in [2.24, 2.45) is 0 Å². The second kappa shape index (κ2) is 6.27. The molecule has 0 saturated carbocycles. The number of benzene rings is 1. The monoisotopic (exact) mass is 281 g/mol. The number of hydrogen-bond donors (Lipinski definition) is 1. The van der Waals surface area contributed by atoms with Crippen LogP contribution in [0.15, 0.2) is 42.7 Å². The molecule has 3 heteroatoms. The number of rotatable bonds is 4. The summed E-state index contributed by atoms with van der Waals surface area (Å²) in [5.41, 5.74) is 5.47. The van der Waals surface area contributed by atoms with Crippen molar-refractivity contribution in [3.63, 3.8) is 0 Å². The maximum atomic E-state index is 4.18. The van der Waals surface area contributed by atoms with Crippen LogP contribution in [0.1, 0.15) is 36.1 Å². The fourth-order valence-electron chi connectivity index (χ4n) is 2.97. The molecule has 2 heterocycles. The molecule has 0 radical (unpaired) electrons. The summed E-state index contributed by atoms with van der Waals surface area (Å²) in [6, 6.07) is 11.3. The van der Waals surface area contributed by atoms with Gasteiger partial charge >= 0.3 is 0 Å². The molecule has 1 aromatic heterocycles. The number of hydrogen-bond acceptors (Lipinski definition) is 3. The molecule has 110 valence electrons. The number of pyridine rings is 1. The first-order valence-electron chi connectivity index (χ1n) is 7.70. The van der Waals surface area contributed by atoms with Gasteiger partial charge in [0.1, 0.15) is 0 Å². The Bertz CT molecular complexity index is 595. The Morgan fingerprint density at radius 1 is 1.33 bits per heavy atom. The summed E-state index contributed by atoms with van der Waals surface area (Å²) >= 11 is 0. The minimum Gasteiger partial charge on any atom is -0.374 e. The molecule has 3 rings (SSSR count). The number of nitrogens with zero attached hydrogens (tertiary/aromatic N) is 2. The second-order valence-corrected chi connectivity index (χ2v) is 5.88. The topological polar surface area (TPSA) is 28.2 Å². The number of nitrogens with one attached hydrogen (secondary N) is 1. The molecule has 1 aliphatic rings. The molecule has 1 N–H and O–H groups in total. The van der Waals surface area contributed by atoms with Gasteiger partial charge < -0.3 is 10.2 Å². The van der Waals surface area contributed by atoms with Gasteiger partial charge in [-0.25, -0.2) is 0 Å². The summed E-state index contributed by atoms with van der Waals surface area (Å²) in [5, 5.41) is 3.58. The molecule has 0 spiro atoms. The van der Waals surface area contributed by atoms with Crippen LogP contribution in [0, 0.1) is 0 Å². The Labute approximate surface area is 127 Å². The zero-order chi connectivity index (χ0) is 14.7. The Balaban J connectivity index is 1.66. The molecule has 1 aliphatic heterocycles. The highest BCUT2D eigenvalue weighted by molar-refractivity contribution is 5.56. The largest absolute Gasteiger partial charge is 0.374 e. The van der Waals surface area contributed by atoms with E-state index in [0.29, 0.717) is 6.04 Å². The Hall–Kier alpha value is -1.87. The molecule has 0 bridgehead atoms. The molecule has 0 fully saturated rings. The van der Waals surface area contributed by atoms with Crippen molar-refractivity contribution in [1.82, 2.24) is 10.3 Å². The van der Waals surface area contributed by atoms with Crippen molar-refractivity contribution < 1.29 is 0 Å². The third kappa shape index (κ3) is 3.24. The van der Waals surface area contributed by atoms with Crippen LogP contribution in [0.2, 0.25) is 0 Å². The maximum absolute atomic E-state index is 4.18. The minimum atomic E-state index is 0.317. The van der Waals surface area contributed by atoms with Gasteiger partial charge in [-0.05, 0) is 48.6 Å². The van der Waals surface area contributed by atoms with Crippen LogP contribution in [0.5, 0.6) is 0 Å². The molecule has 2 aromatic rings. The Morgan fingerprint density at radius 3 is 3.05 bits per heavy atom. The highest BCUT2D eigenvalue weighted by atomic mass is 15.1. The molecular weight excluding hydrogens is 258 g/mol. The van der Waals surface area contributed by atoms with Gasteiger partial charge in [-0.2, -0.15) is 0 Å². The van der Waals surface area contributed by atoms with E-state index >= 15 is 0 Å². The quantitative estimate of drug-likeness (QED) is 0.932. The van der Waals surface area contributed by atoms with Crippen molar-refractivity contribution >= 4 is 5.69 Å². The second-order valence-electron chi connectivity index (χ2n) is 5.88. The van der Waals surface area contributed by atoms with E-state index in [2.05, 4.69) is 53.4 Å². The van der Waals surface area contributed by atoms with Gasteiger partial charge in [0.15, 0.2) is 0 Å². The van der Waals surface area contributed by atoms with E-state index in [1.165, 1.54) is 41.8 Å². The predicted octanol–water partition coefficient (Wildman–Crippen LogP) is 3.31. The molecule has 1 aromatic carbocycles. The normalized spacial score (nSPS) is 15.6. The van der Waals surface area contributed by atoms with Gasteiger partial charge in [0.2, 0.25) is 0 Å². The van der Waals surface area contributed by atoms with Crippen LogP contribution in [-0.4, -0.2) is 18.6 Å². The van der Waals surface area contributed by atoms with Crippen LogP contribution < -0.4 is 10.2 Å². The zero-order valence-electron chi connectivity index (χ0n) is 12.8. The summed E-state index contributed by atoms with van der Waals surface area (Å²) in [5.74, 6) is 0. The fourth-order valence-corrected chi connectivity index (χ4v) is 2.97.